The smallest absolute Gasteiger partial charge is 0.112 e. The molecule has 0 spiro atoms. The molecule has 2 aromatic rings. The number of piperidine rings is 1. The van der Waals surface area contributed by atoms with Crippen molar-refractivity contribution in [2.75, 3.05) is 18.0 Å². The van der Waals surface area contributed by atoms with Crippen LogP contribution in [0.5, 0.6) is 0 Å². The normalized spacial score (nSPS) is 20.6. The number of fused-ring (bicyclic) bond motifs is 1. The lowest BCUT2D eigenvalue weighted by molar-refractivity contribution is 0.466. The largest absolute Gasteiger partial charge is 0.365 e. The lowest BCUT2D eigenvalue weighted by Crippen LogP contribution is -2.44. The number of aromatic amines is 1. The van der Waals surface area contributed by atoms with E-state index in [0.29, 0.717) is 6.04 Å². The molecule has 1 saturated heterocycles. The number of anilines is 1. The molecule has 2 heterocycles. The molecule has 1 unspecified atom stereocenters. The molecular formula is C14H20N4. The van der Waals surface area contributed by atoms with Crippen molar-refractivity contribution < 1.29 is 0 Å². The predicted molar refractivity (Wildman–Crippen MR) is 74.9 cm³/mol. The van der Waals surface area contributed by atoms with E-state index in [4.69, 9.17) is 5.73 Å². The number of aromatic nitrogens is 2. The highest BCUT2D eigenvalue weighted by molar-refractivity contribution is 5.89. The number of nitrogens with zero attached hydrogens (tertiary/aromatic N) is 2. The third kappa shape index (κ3) is 1.86. The lowest BCUT2D eigenvalue weighted by atomic mass is 10.0. The molecule has 0 bridgehead atoms. The molecule has 1 aromatic heterocycles. The summed E-state index contributed by atoms with van der Waals surface area (Å²) in [6.45, 7) is 3.81. The topological polar surface area (TPSA) is 57.9 Å². The standard InChI is InChI=1S/C14H20N4/c1-10-16-12-6-4-7-13(14(12)17-10)18-8-3-2-5-11(18)9-15/h4,6-7,11H,2-3,5,8-9,15H2,1H3,(H,16,17). The maximum Gasteiger partial charge on any atom is 0.112 e. The monoisotopic (exact) mass is 244 g/mol. The van der Waals surface area contributed by atoms with Crippen LogP contribution in [0.2, 0.25) is 0 Å². The van der Waals surface area contributed by atoms with Crippen LogP contribution in [-0.2, 0) is 0 Å². The first-order valence-corrected chi connectivity index (χ1v) is 6.71. The summed E-state index contributed by atoms with van der Waals surface area (Å²) >= 11 is 0. The van der Waals surface area contributed by atoms with E-state index in [1.54, 1.807) is 0 Å². The van der Waals surface area contributed by atoms with E-state index in [1.165, 1.54) is 24.9 Å². The van der Waals surface area contributed by atoms with Crippen LogP contribution < -0.4 is 10.6 Å². The third-order valence-corrected chi connectivity index (χ3v) is 3.82. The number of nitrogens with two attached hydrogens (primary N) is 1. The molecule has 1 aliphatic rings. The summed E-state index contributed by atoms with van der Waals surface area (Å²) in [5.41, 5.74) is 9.34. The highest BCUT2D eigenvalue weighted by atomic mass is 15.2. The summed E-state index contributed by atoms with van der Waals surface area (Å²) in [6, 6.07) is 6.80. The first kappa shape index (κ1) is 11.5. The number of benzene rings is 1. The quantitative estimate of drug-likeness (QED) is 0.851. The second-order valence-corrected chi connectivity index (χ2v) is 5.07. The summed E-state index contributed by atoms with van der Waals surface area (Å²) in [6.07, 6.45) is 3.72. The highest BCUT2D eigenvalue weighted by Gasteiger charge is 2.23. The zero-order valence-electron chi connectivity index (χ0n) is 10.8. The minimum Gasteiger partial charge on any atom is -0.365 e. The molecule has 1 fully saturated rings. The van der Waals surface area contributed by atoms with Crippen LogP contribution in [0.25, 0.3) is 11.0 Å². The van der Waals surface area contributed by atoms with Gasteiger partial charge in [0.25, 0.3) is 0 Å². The number of imidazole rings is 1. The average molecular weight is 244 g/mol. The number of H-pyrrole nitrogens is 1. The van der Waals surface area contributed by atoms with Crippen LogP contribution in [0.15, 0.2) is 18.2 Å². The predicted octanol–water partition coefficient (Wildman–Crippen LogP) is 2.19. The number of hydrogen-bond donors (Lipinski definition) is 2. The van der Waals surface area contributed by atoms with E-state index in [2.05, 4.69) is 33.1 Å². The maximum atomic E-state index is 5.91. The van der Waals surface area contributed by atoms with E-state index in [1.807, 2.05) is 6.92 Å². The molecular weight excluding hydrogens is 224 g/mol. The molecule has 4 heteroatoms. The minimum absolute atomic E-state index is 0.460. The third-order valence-electron chi connectivity index (χ3n) is 3.82. The molecule has 18 heavy (non-hydrogen) atoms. The van der Waals surface area contributed by atoms with Gasteiger partial charge in [-0.3, -0.25) is 0 Å². The number of hydrogen-bond acceptors (Lipinski definition) is 3. The van der Waals surface area contributed by atoms with Crippen molar-refractivity contribution in [2.45, 2.75) is 32.2 Å². The lowest BCUT2D eigenvalue weighted by Gasteiger charge is -2.37. The zero-order chi connectivity index (χ0) is 12.5. The van der Waals surface area contributed by atoms with Crippen molar-refractivity contribution in [3.05, 3.63) is 24.0 Å². The molecule has 1 aliphatic heterocycles. The molecule has 96 valence electrons. The molecule has 1 aromatic carbocycles. The van der Waals surface area contributed by atoms with Crippen LogP contribution in [-0.4, -0.2) is 29.1 Å². The average Bonchev–Trinajstić information content (AvgIpc) is 2.78. The molecule has 0 radical (unpaired) electrons. The first-order valence-electron chi connectivity index (χ1n) is 6.71. The fourth-order valence-electron chi connectivity index (χ4n) is 2.93. The molecule has 0 saturated carbocycles. The van der Waals surface area contributed by atoms with Crippen molar-refractivity contribution in [1.29, 1.82) is 0 Å². The summed E-state index contributed by atoms with van der Waals surface area (Å²) in [7, 11) is 0. The van der Waals surface area contributed by atoms with E-state index in [-0.39, 0.29) is 0 Å². The SMILES string of the molecule is Cc1nc2c(N3CCCCC3CN)cccc2[nH]1. The van der Waals surface area contributed by atoms with Crippen LogP contribution in [0.3, 0.4) is 0 Å². The van der Waals surface area contributed by atoms with Crippen molar-refractivity contribution in [2.24, 2.45) is 5.73 Å². The van der Waals surface area contributed by atoms with Crippen LogP contribution in [0.4, 0.5) is 5.69 Å². The van der Waals surface area contributed by atoms with Gasteiger partial charge in [0, 0.05) is 19.1 Å². The second-order valence-electron chi connectivity index (χ2n) is 5.07. The Morgan fingerprint density at radius 1 is 1.44 bits per heavy atom. The first-order chi connectivity index (χ1) is 8.79. The number of nitrogens with one attached hydrogen (secondary N) is 1. The Balaban J connectivity index is 2.06. The van der Waals surface area contributed by atoms with E-state index >= 15 is 0 Å². The van der Waals surface area contributed by atoms with Gasteiger partial charge in [-0.1, -0.05) is 6.07 Å². The van der Waals surface area contributed by atoms with Crippen molar-refractivity contribution in [3.8, 4) is 0 Å². The van der Waals surface area contributed by atoms with Crippen molar-refractivity contribution in [1.82, 2.24) is 9.97 Å². The molecule has 3 rings (SSSR count). The molecule has 3 N–H and O–H groups in total. The van der Waals surface area contributed by atoms with Gasteiger partial charge in [-0.05, 0) is 38.3 Å². The Morgan fingerprint density at radius 3 is 3.17 bits per heavy atom. The van der Waals surface area contributed by atoms with Gasteiger partial charge in [0.1, 0.15) is 11.3 Å². The molecule has 0 amide bonds. The summed E-state index contributed by atoms with van der Waals surface area (Å²) in [5, 5.41) is 0. The number of rotatable bonds is 2. The Morgan fingerprint density at radius 2 is 2.33 bits per heavy atom. The van der Waals surface area contributed by atoms with Gasteiger partial charge in [-0.15, -0.1) is 0 Å². The fourth-order valence-corrected chi connectivity index (χ4v) is 2.93. The fraction of sp³-hybridized carbons (Fsp3) is 0.500. The highest BCUT2D eigenvalue weighted by Crippen LogP contribution is 2.30. The summed E-state index contributed by atoms with van der Waals surface area (Å²) < 4.78 is 0. The van der Waals surface area contributed by atoms with Gasteiger partial charge in [0.15, 0.2) is 0 Å². The van der Waals surface area contributed by atoms with Gasteiger partial charge in [-0.2, -0.15) is 0 Å². The van der Waals surface area contributed by atoms with E-state index in [0.717, 1.165) is 29.9 Å². The Kier molecular flexibility index (Phi) is 2.96. The molecule has 4 nitrogen and oxygen atoms in total. The number of para-hydroxylation sites is 1. The molecule has 0 aliphatic carbocycles. The van der Waals surface area contributed by atoms with Crippen molar-refractivity contribution in [3.63, 3.8) is 0 Å². The van der Waals surface area contributed by atoms with Crippen LogP contribution >= 0.6 is 0 Å². The van der Waals surface area contributed by atoms with E-state index < -0.39 is 0 Å². The zero-order valence-corrected chi connectivity index (χ0v) is 10.8. The Bertz CT molecular complexity index is 546. The van der Waals surface area contributed by atoms with Gasteiger partial charge in [-0.25, -0.2) is 4.98 Å². The Hall–Kier alpha value is -1.55. The van der Waals surface area contributed by atoms with Crippen LogP contribution in [0, 0.1) is 6.92 Å². The summed E-state index contributed by atoms with van der Waals surface area (Å²) in [4.78, 5) is 10.4. The van der Waals surface area contributed by atoms with Gasteiger partial charge in [0.05, 0.1) is 11.2 Å². The molecule has 1 atom stereocenters. The van der Waals surface area contributed by atoms with Gasteiger partial charge in [0.2, 0.25) is 0 Å². The van der Waals surface area contributed by atoms with Crippen LogP contribution in [0.1, 0.15) is 25.1 Å². The van der Waals surface area contributed by atoms with Crippen molar-refractivity contribution >= 4 is 16.7 Å². The van der Waals surface area contributed by atoms with E-state index in [9.17, 15) is 0 Å². The second kappa shape index (κ2) is 4.61. The summed E-state index contributed by atoms with van der Waals surface area (Å²) in [5.74, 6) is 0.971. The minimum atomic E-state index is 0.460. The van der Waals surface area contributed by atoms with Gasteiger partial charge >= 0.3 is 0 Å². The maximum absolute atomic E-state index is 5.91. The number of aryl methyl sites for hydroxylation is 1. The van der Waals surface area contributed by atoms with Gasteiger partial charge < -0.3 is 15.6 Å². The Labute approximate surface area is 107 Å².